The van der Waals surface area contributed by atoms with Crippen molar-refractivity contribution in [2.75, 3.05) is 0 Å². The highest BCUT2D eigenvalue weighted by atomic mass is 35.5. The van der Waals surface area contributed by atoms with Gasteiger partial charge in [-0.2, -0.15) is 0 Å². The van der Waals surface area contributed by atoms with Crippen molar-refractivity contribution >= 4 is 64.1 Å². The van der Waals surface area contributed by atoms with Gasteiger partial charge < -0.3 is 10.1 Å². The molecule has 1 heterocycles. The van der Waals surface area contributed by atoms with Crippen molar-refractivity contribution in [1.29, 1.82) is 0 Å². The van der Waals surface area contributed by atoms with E-state index >= 15 is 0 Å². The van der Waals surface area contributed by atoms with Crippen LogP contribution >= 0.6 is 47.0 Å². The Labute approximate surface area is 202 Å². The second-order valence-corrected chi connectivity index (χ2v) is 9.26. The Hall–Kier alpha value is -1.79. The summed E-state index contributed by atoms with van der Waals surface area (Å²) in [5.74, 6) is 0.263. The Morgan fingerprint density at radius 3 is 2.42 bits per heavy atom. The molecule has 0 unspecified atom stereocenters. The third kappa shape index (κ3) is 5.01. The molecule has 2 fully saturated rings. The summed E-state index contributed by atoms with van der Waals surface area (Å²) in [7, 11) is 0. The average Bonchev–Trinajstić information content (AvgIpc) is 3.02. The molecule has 1 N–H and O–H groups in total. The zero-order valence-corrected chi connectivity index (χ0v) is 19.8. The van der Waals surface area contributed by atoms with Crippen LogP contribution in [0.25, 0.3) is 6.08 Å². The van der Waals surface area contributed by atoms with Gasteiger partial charge in [0.05, 0.1) is 10.0 Å². The average molecular weight is 496 g/mol. The molecule has 0 atom stereocenters. The van der Waals surface area contributed by atoms with Crippen molar-refractivity contribution in [2.45, 2.75) is 44.8 Å². The lowest BCUT2D eigenvalue weighted by Gasteiger charge is -2.29. The summed E-state index contributed by atoms with van der Waals surface area (Å²) < 4.78 is 5.81. The zero-order chi connectivity index (χ0) is 22.0. The van der Waals surface area contributed by atoms with Crippen LogP contribution in [0.4, 0.5) is 0 Å². The van der Waals surface area contributed by atoms with Gasteiger partial charge in [0.2, 0.25) is 0 Å². The van der Waals surface area contributed by atoms with Crippen molar-refractivity contribution in [3.8, 4) is 5.75 Å². The number of hydrogen-bond donors (Lipinski definition) is 1. The molecule has 0 radical (unpaired) electrons. The van der Waals surface area contributed by atoms with Crippen LogP contribution in [-0.2, 0) is 11.4 Å². The van der Waals surface area contributed by atoms with Gasteiger partial charge in [-0.15, -0.1) is 0 Å². The number of benzene rings is 2. The Morgan fingerprint density at radius 2 is 1.74 bits per heavy atom. The van der Waals surface area contributed by atoms with E-state index in [9.17, 15) is 4.79 Å². The van der Waals surface area contributed by atoms with Crippen molar-refractivity contribution in [1.82, 2.24) is 10.2 Å². The second-order valence-electron chi connectivity index (χ2n) is 7.65. The molecule has 0 aromatic heterocycles. The lowest BCUT2D eigenvalue weighted by atomic mass is 9.94. The Morgan fingerprint density at radius 1 is 1.06 bits per heavy atom. The number of carbonyl (C=O) groups is 1. The molecule has 0 spiro atoms. The lowest BCUT2D eigenvalue weighted by Crippen LogP contribution is -2.41. The van der Waals surface area contributed by atoms with E-state index in [-0.39, 0.29) is 18.6 Å². The predicted octanol–water partition coefficient (Wildman–Crippen LogP) is 6.62. The summed E-state index contributed by atoms with van der Waals surface area (Å²) in [5.41, 5.74) is 1.94. The van der Waals surface area contributed by atoms with Crippen LogP contribution in [0.3, 0.4) is 0 Å². The maximum atomic E-state index is 13.0. The van der Waals surface area contributed by atoms with Crippen molar-refractivity contribution in [2.24, 2.45) is 0 Å². The van der Waals surface area contributed by atoms with Crippen LogP contribution in [0.2, 0.25) is 15.1 Å². The molecule has 1 aliphatic heterocycles. The van der Waals surface area contributed by atoms with Gasteiger partial charge in [-0.1, -0.05) is 72.3 Å². The highest BCUT2D eigenvalue weighted by molar-refractivity contribution is 7.80. The minimum atomic E-state index is -0.108. The summed E-state index contributed by atoms with van der Waals surface area (Å²) in [6.45, 7) is 0.240. The van der Waals surface area contributed by atoms with E-state index in [1.165, 1.54) is 6.42 Å². The third-order valence-electron chi connectivity index (χ3n) is 5.51. The third-order valence-corrected chi connectivity index (χ3v) is 6.74. The number of nitrogens with zero attached hydrogens (tertiary/aromatic N) is 1. The van der Waals surface area contributed by atoms with E-state index in [0.717, 1.165) is 31.2 Å². The van der Waals surface area contributed by atoms with E-state index in [0.29, 0.717) is 37.2 Å². The normalized spacial score (nSPS) is 18.5. The lowest BCUT2D eigenvalue weighted by molar-refractivity contribution is -0.124. The van der Waals surface area contributed by atoms with E-state index < -0.39 is 0 Å². The Kier molecular flexibility index (Phi) is 7.07. The monoisotopic (exact) mass is 494 g/mol. The largest absolute Gasteiger partial charge is 0.486 e. The first-order valence-corrected chi connectivity index (χ1v) is 11.7. The molecule has 31 heavy (non-hydrogen) atoms. The summed E-state index contributed by atoms with van der Waals surface area (Å²) in [6.07, 6.45) is 7.14. The molecule has 2 aliphatic rings. The SMILES string of the molecule is O=C1/C(=C/c2cc(Cl)c(OCc3ccccc3Cl)c(Cl)c2)NC(=S)N1C1CCCCC1. The molecule has 4 nitrogen and oxygen atoms in total. The van der Waals surface area contributed by atoms with Crippen LogP contribution in [0, 0.1) is 0 Å². The Bertz CT molecular complexity index is 1030. The van der Waals surface area contributed by atoms with Crippen LogP contribution in [0.5, 0.6) is 5.75 Å². The van der Waals surface area contributed by atoms with Crippen LogP contribution in [0.1, 0.15) is 43.2 Å². The number of carbonyl (C=O) groups excluding carboxylic acids is 1. The summed E-state index contributed by atoms with van der Waals surface area (Å²) in [6, 6.07) is 11.0. The maximum Gasteiger partial charge on any atom is 0.276 e. The Balaban J connectivity index is 1.51. The first-order valence-electron chi connectivity index (χ1n) is 10.2. The minimum Gasteiger partial charge on any atom is -0.486 e. The predicted molar refractivity (Wildman–Crippen MR) is 130 cm³/mol. The topological polar surface area (TPSA) is 41.6 Å². The highest BCUT2D eigenvalue weighted by Crippen LogP contribution is 2.36. The van der Waals surface area contributed by atoms with Crippen LogP contribution < -0.4 is 10.1 Å². The van der Waals surface area contributed by atoms with Gasteiger partial charge in [0.25, 0.3) is 5.91 Å². The molecule has 2 aromatic carbocycles. The number of rotatable bonds is 5. The van der Waals surface area contributed by atoms with Crippen molar-refractivity contribution in [3.05, 3.63) is 68.3 Å². The number of amides is 1. The second kappa shape index (κ2) is 9.78. The minimum absolute atomic E-state index is 0.108. The molecule has 162 valence electrons. The molecule has 2 aromatic rings. The number of halogens is 3. The maximum absolute atomic E-state index is 13.0. The smallest absolute Gasteiger partial charge is 0.276 e. The van der Waals surface area contributed by atoms with E-state index in [4.69, 9.17) is 51.8 Å². The fourth-order valence-corrected chi connectivity index (χ4v) is 5.10. The fraction of sp³-hybridized carbons (Fsp3) is 0.304. The molecule has 0 bridgehead atoms. The fourth-order valence-electron chi connectivity index (χ4n) is 3.95. The molecule has 1 aliphatic carbocycles. The first-order chi connectivity index (χ1) is 14.9. The molecular weight excluding hydrogens is 475 g/mol. The number of thiocarbonyl (C=S) groups is 1. The number of ether oxygens (including phenoxy) is 1. The van der Waals surface area contributed by atoms with E-state index in [1.807, 2.05) is 18.2 Å². The van der Waals surface area contributed by atoms with E-state index in [2.05, 4.69) is 5.32 Å². The van der Waals surface area contributed by atoms with Crippen LogP contribution in [0.15, 0.2) is 42.1 Å². The van der Waals surface area contributed by atoms with Gasteiger partial charge in [-0.25, -0.2) is 0 Å². The number of hydrogen-bond acceptors (Lipinski definition) is 3. The first kappa shape index (κ1) is 22.4. The molecular formula is C23H21Cl3N2O2S. The molecule has 1 amide bonds. The molecule has 8 heteroatoms. The highest BCUT2D eigenvalue weighted by Gasteiger charge is 2.36. The molecule has 1 saturated carbocycles. The standard InChI is InChI=1S/C23H21Cl3N2O2S/c24-17-9-5-4-6-15(17)13-30-21-18(25)10-14(11-19(21)26)12-20-22(29)28(23(31)27-20)16-7-2-1-3-8-16/h4-6,9-12,16H,1-3,7-8,13H2,(H,27,31)/b20-12-. The van der Waals surface area contributed by atoms with Crippen molar-refractivity contribution < 1.29 is 9.53 Å². The summed E-state index contributed by atoms with van der Waals surface area (Å²) in [4.78, 5) is 14.7. The van der Waals surface area contributed by atoms with Crippen LogP contribution in [-0.4, -0.2) is 22.0 Å². The van der Waals surface area contributed by atoms with Crippen molar-refractivity contribution in [3.63, 3.8) is 0 Å². The molecule has 4 rings (SSSR count). The van der Waals surface area contributed by atoms with Gasteiger partial charge in [-0.3, -0.25) is 9.69 Å². The summed E-state index contributed by atoms with van der Waals surface area (Å²) >= 11 is 24.5. The van der Waals surface area contributed by atoms with Gasteiger partial charge in [0.1, 0.15) is 12.3 Å². The number of nitrogens with one attached hydrogen (secondary N) is 1. The van der Waals surface area contributed by atoms with E-state index in [1.54, 1.807) is 29.2 Å². The summed E-state index contributed by atoms with van der Waals surface area (Å²) in [5, 5.41) is 4.81. The quantitative estimate of drug-likeness (QED) is 0.374. The molecule has 1 saturated heterocycles. The van der Waals surface area contributed by atoms with Gasteiger partial charge in [0, 0.05) is 16.6 Å². The van der Waals surface area contributed by atoms with Gasteiger partial charge in [-0.05, 0) is 54.9 Å². The van der Waals surface area contributed by atoms with Gasteiger partial charge in [0.15, 0.2) is 10.9 Å². The zero-order valence-electron chi connectivity index (χ0n) is 16.7. The van der Waals surface area contributed by atoms with Gasteiger partial charge >= 0.3 is 0 Å².